The minimum Gasteiger partial charge on any atom is -0.383 e. The van der Waals surface area contributed by atoms with Crippen molar-refractivity contribution in [1.82, 2.24) is 16.0 Å². The van der Waals surface area contributed by atoms with Gasteiger partial charge in [0.1, 0.15) is 6.04 Å². The van der Waals surface area contributed by atoms with Crippen molar-refractivity contribution < 1.29 is 27.4 Å². The van der Waals surface area contributed by atoms with E-state index in [4.69, 9.17) is 5.73 Å². The van der Waals surface area contributed by atoms with E-state index in [-0.39, 0.29) is 41.1 Å². The number of hydrogen-bond acceptors (Lipinski definition) is 8. The summed E-state index contributed by atoms with van der Waals surface area (Å²) in [4.78, 5) is 35.4. The highest BCUT2D eigenvalue weighted by Crippen LogP contribution is 2.15. The number of nitrogens with two attached hydrogens (primary N) is 1. The van der Waals surface area contributed by atoms with Gasteiger partial charge in [0.15, 0.2) is 0 Å². The van der Waals surface area contributed by atoms with E-state index >= 15 is 0 Å². The largest absolute Gasteiger partial charge is 0.383 e. The number of rotatable bonds is 14. The molecule has 2 rings (SSSR count). The molecule has 0 unspecified atom stereocenters. The predicted molar refractivity (Wildman–Crippen MR) is 133 cm³/mol. The van der Waals surface area contributed by atoms with E-state index in [1.54, 1.807) is 25.2 Å². The van der Waals surface area contributed by atoms with Crippen molar-refractivity contribution in [1.29, 1.82) is 0 Å². The molecule has 0 heterocycles. The number of hydrogen-bond donors (Lipinski definition) is 6. The van der Waals surface area contributed by atoms with E-state index in [1.165, 1.54) is 11.8 Å². The molecule has 1 aromatic rings. The molecular weight excluding hydrogens is 482 g/mol. The second kappa shape index (κ2) is 13.3. The fraction of sp³-hybridized carbons (Fsp3) is 0.476. The monoisotopic (exact) mass is 513 g/mol. The quantitative estimate of drug-likeness (QED) is 0.122. The average Bonchev–Trinajstić information content (AvgIpc) is 2.78. The van der Waals surface area contributed by atoms with E-state index in [2.05, 4.69) is 21.3 Å². The van der Waals surface area contributed by atoms with E-state index < -0.39 is 22.1 Å². The molecule has 0 radical (unpaired) electrons. The molecule has 0 bridgehead atoms. The molecule has 0 saturated heterocycles. The average molecular weight is 514 g/mol. The van der Waals surface area contributed by atoms with Gasteiger partial charge in [-0.15, -0.1) is 11.8 Å². The molecule has 1 aromatic carbocycles. The first-order valence-electron chi connectivity index (χ1n) is 10.7. The van der Waals surface area contributed by atoms with Gasteiger partial charge in [-0.3, -0.25) is 18.9 Å². The van der Waals surface area contributed by atoms with Crippen LogP contribution in [0.5, 0.6) is 0 Å². The summed E-state index contributed by atoms with van der Waals surface area (Å²) in [6, 6.07) is 4.30. The van der Waals surface area contributed by atoms with Gasteiger partial charge in [-0.05, 0) is 26.0 Å². The van der Waals surface area contributed by atoms with Crippen LogP contribution in [0.25, 0.3) is 11.0 Å². The van der Waals surface area contributed by atoms with Crippen LogP contribution in [0.3, 0.4) is 0 Å². The highest BCUT2D eigenvalue weighted by molar-refractivity contribution is 8.00. The molecule has 1 atom stereocenters. The van der Waals surface area contributed by atoms with Gasteiger partial charge in [-0.1, -0.05) is 18.2 Å². The fourth-order valence-corrected chi connectivity index (χ4v) is 5.07. The molecule has 1 aliphatic rings. The number of fused-ring (bicyclic) bond motifs is 1. The maximum absolute atomic E-state index is 12.1. The van der Waals surface area contributed by atoms with Gasteiger partial charge in [0.25, 0.3) is 10.1 Å². The summed E-state index contributed by atoms with van der Waals surface area (Å²) in [6.45, 7) is 1.19. The van der Waals surface area contributed by atoms with Crippen LogP contribution < -0.4 is 37.4 Å². The van der Waals surface area contributed by atoms with Gasteiger partial charge in [0, 0.05) is 47.9 Å². The van der Waals surface area contributed by atoms with Crippen LogP contribution in [0, 0.1) is 0 Å². The lowest BCUT2D eigenvalue weighted by Gasteiger charge is -2.15. The van der Waals surface area contributed by atoms with E-state index in [1.807, 2.05) is 6.08 Å². The number of anilines is 1. The summed E-state index contributed by atoms with van der Waals surface area (Å²) >= 11 is 1.19. The van der Waals surface area contributed by atoms with Gasteiger partial charge >= 0.3 is 0 Å². The molecule has 0 aromatic heterocycles. The Labute approximate surface area is 202 Å². The topological polar surface area (TPSA) is 180 Å². The number of thioether (sulfide) groups is 1. The second-order valence-corrected chi connectivity index (χ2v) is 10.0. The molecule has 188 valence electrons. The summed E-state index contributed by atoms with van der Waals surface area (Å²) < 4.78 is 32.8. The van der Waals surface area contributed by atoms with Gasteiger partial charge in [0.2, 0.25) is 17.7 Å². The molecule has 0 aliphatic heterocycles. The van der Waals surface area contributed by atoms with Crippen LogP contribution in [-0.4, -0.2) is 74.9 Å². The standard InChI is InChI=1S/C21H31N5O6S2/c1-23-9-8-19(27)26-17(21(22)29)12-33-13-20(28)25-11-10-24-16-6-2-5-15-14(16)4-3-7-18(15)34(30,31)32/h2,4-6,17,23-24H,3,7-13H2,1H3,(H2,22,29)(H,25,28)(H,26,27)(H,30,31,32)/t17-/m0/s1. The Kier molecular flexibility index (Phi) is 10.8. The first-order valence-corrected chi connectivity index (χ1v) is 13.3. The van der Waals surface area contributed by atoms with Crippen molar-refractivity contribution in [2.75, 3.05) is 43.5 Å². The Morgan fingerprint density at radius 3 is 2.62 bits per heavy atom. The Bertz CT molecular complexity index is 1120. The van der Waals surface area contributed by atoms with Gasteiger partial charge in [0.05, 0.1) is 10.7 Å². The smallest absolute Gasteiger partial charge is 0.291 e. The van der Waals surface area contributed by atoms with Crippen molar-refractivity contribution in [3.8, 4) is 0 Å². The van der Waals surface area contributed by atoms with Crippen molar-refractivity contribution in [3.05, 3.63) is 28.6 Å². The molecule has 0 fully saturated rings. The third-order valence-electron chi connectivity index (χ3n) is 5.00. The Morgan fingerprint density at radius 1 is 1.18 bits per heavy atom. The van der Waals surface area contributed by atoms with E-state index in [9.17, 15) is 27.4 Å². The number of amides is 3. The molecule has 3 amide bonds. The fourth-order valence-electron chi connectivity index (χ4n) is 3.35. The van der Waals surface area contributed by atoms with E-state index in [0.29, 0.717) is 42.2 Å². The lowest BCUT2D eigenvalue weighted by Crippen LogP contribution is -2.46. The van der Waals surface area contributed by atoms with Gasteiger partial charge in [-0.2, -0.15) is 8.42 Å². The Balaban J connectivity index is 1.80. The van der Waals surface area contributed by atoms with Crippen LogP contribution in [0.2, 0.25) is 0 Å². The molecule has 0 saturated carbocycles. The van der Waals surface area contributed by atoms with Crippen LogP contribution >= 0.6 is 11.8 Å². The molecular formula is C21H31N5O6S2. The van der Waals surface area contributed by atoms with E-state index in [0.717, 1.165) is 0 Å². The highest BCUT2D eigenvalue weighted by Gasteiger charge is 2.19. The number of primary amides is 1. The number of carbonyl (C=O) groups excluding carboxylic acids is 3. The number of carbonyl (C=O) groups is 3. The third kappa shape index (κ3) is 8.63. The van der Waals surface area contributed by atoms with Gasteiger partial charge < -0.3 is 27.0 Å². The molecule has 1 aliphatic carbocycles. The first-order chi connectivity index (χ1) is 16.1. The summed E-state index contributed by atoms with van der Waals surface area (Å²) in [5, 5.41) is 12.5. The molecule has 11 nitrogen and oxygen atoms in total. The zero-order valence-electron chi connectivity index (χ0n) is 18.9. The normalized spacial score (nSPS) is 13.9. The summed E-state index contributed by atoms with van der Waals surface area (Å²) in [7, 11) is -2.55. The highest BCUT2D eigenvalue weighted by atomic mass is 32.2. The zero-order valence-corrected chi connectivity index (χ0v) is 20.6. The van der Waals surface area contributed by atoms with Crippen molar-refractivity contribution >= 4 is 56.3 Å². The van der Waals surface area contributed by atoms with Gasteiger partial charge in [-0.25, -0.2) is 0 Å². The maximum Gasteiger partial charge on any atom is 0.291 e. The summed E-state index contributed by atoms with van der Waals surface area (Å²) in [6.07, 6.45) is 2.88. The molecule has 13 heteroatoms. The lowest BCUT2D eigenvalue weighted by atomic mass is 10.1. The SMILES string of the molecule is CNCCC(=O)N[C@@H](CSCC(=O)NCCNc1cccc2c1=CCCC=2S(=O)(=O)O)C(N)=O. The van der Waals surface area contributed by atoms with Crippen molar-refractivity contribution in [3.63, 3.8) is 0 Å². The van der Waals surface area contributed by atoms with Crippen LogP contribution in [0.1, 0.15) is 19.3 Å². The molecule has 0 spiro atoms. The van der Waals surface area contributed by atoms with Crippen molar-refractivity contribution in [2.24, 2.45) is 5.73 Å². The zero-order chi connectivity index (χ0) is 25.1. The Morgan fingerprint density at radius 2 is 1.94 bits per heavy atom. The summed E-state index contributed by atoms with van der Waals surface area (Å²) in [5.41, 5.74) is 6.03. The third-order valence-corrected chi connectivity index (χ3v) is 7.08. The molecule has 34 heavy (non-hydrogen) atoms. The number of nitrogens with one attached hydrogen (secondary N) is 4. The van der Waals surface area contributed by atoms with Crippen molar-refractivity contribution in [2.45, 2.75) is 25.3 Å². The second-order valence-electron chi connectivity index (χ2n) is 7.58. The predicted octanol–water partition coefficient (Wildman–Crippen LogP) is -1.90. The first kappa shape index (κ1) is 27.6. The minimum atomic E-state index is -4.27. The lowest BCUT2D eigenvalue weighted by molar-refractivity contribution is -0.126. The Hall–Kier alpha value is -2.61. The maximum atomic E-state index is 12.1. The van der Waals surface area contributed by atoms with Crippen LogP contribution in [-0.2, 0) is 24.5 Å². The van der Waals surface area contributed by atoms with Crippen LogP contribution in [0.15, 0.2) is 18.2 Å². The van der Waals surface area contributed by atoms with Crippen LogP contribution in [0.4, 0.5) is 5.69 Å². The number of benzene rings is 1. The molecule has 7 N–H and O–H groups in total. The minimum absolute atomic E-state index is 0.00598. The summed E-state index contributed by atoms with van der Waals surface area (Å²) in [5.74, 6) is -0.911.